The standard InChI is InChI=1S/C26H28N4O2S/c1-29-15-17-30(18-16-29)23-11-9-22(10-12-23)27-26(33)28-25(31)21-7-13-24(14-8-21)32-19-20-5-3-2-4-6-20/h2-14H,15-19H2,1H3,(H2,27,28,31,33). The van der Waals surface area contributed by atoms with E-state index >= 15 is 0 Å². The molecule has 3 aromatic rings. The van der Waals surface area contributed by atoms with E-state index in [0.717, 1.165) is 37.4 Å². The van der Waals surface area contributed by atoms with Gasteiger partial charge < -0.3 is 19.9 Å². The van der Waals surface area contributed by atoms with Gasteiger partial charge in [-0.2, -0.15) is 0 Å². The van der Waals surface area contributed by atoms with Crippen LogP contribution in [-0.2, 0) is 6.61 Å². The minimum atomic E-state index is -0.267. The van der Waals surface area contributed by atoms with Crippen LogP contribution in [0.5, 0.6) is 5.75 Å². The van der Waals surface area contributed by atoms with Gasteiger partial charge in [0.2, 0.25) is 0 Å². The maximum atomic E-state index is 12.5. The Labute approximate surface area is 200 Å². The highest BCUT2D eigenvalue weighted by atomic mass is 32.1. The lowest BCUT2D eigenvalue weighted by molar-refractivity contribution is 0.0977. The summed E-state index contributed by atoms with van der Waals surface area (Å²) < 4.78 is 5.77. The molecule has 1 aliphatic heterocycles. The van der Waals surface area contributed by atoms with Crippen molar-refractivity contribution in [1.82, 2.24) is 10.2 Å². The molecule has 2 N–H and O–H groups in total. The second-order valence-corrected chi connectivity index (χ2v) is 8.45. The van der Waals surface area contributed by atoms with Gasteiger partial charge >= 0.3 is 0 Å². The Morgan fingerprint density at radius 2 is 1.58 bits per heavy atom. The number of hydrogen-bond acceptors (Lipinski definition) is 5. The number of anilines is 2. The molecule has 0 aromatic heterocycles. The van der Waals surface area contributed by atoms with Gasteiger partial charge in [-0.15, -0.1) is 0 Å². The van der Waals surface area contributed by atoms with E-state index in [4.69, 9.17) is 17.0 Å². The van der Waals surface area contributed by atoms with Crippen molar-refractivity contribution < 1.29 is 9.53 Å². The van der Waals surface area contributed by atoms with Crippen LogP contribution in [0.2, 0.25) is 0 Å². The minimum Gasteiger partial charge on any atom is -0.489 e. The van der Waals surface area contributed by atoms with Crippen LogP contribution in [0.15, 0.2) is 78.9 Å². The first-order valence-corrected chi connectivity index (χ1v) is 11.4. The summed E-state index contributed by atoms with van der Waals surface area (Å²) in [5.41, 5.74) is 3.63. The highest BCUT2D eigenvalue weighted by molar-refractivity contribution is 7.80. The average Bonchev–Trinajstić information content (AvgIpc) is 2.85. The Balaban J connectivity index is 1.25. The van der Waals surface area contributed by atoms with Gasteiger partial charge in [-0.25, -0.2) is 0 Å². The fourth-order valence-electron chi connectivity index (χ4n) is 3.60. The van der Waals surface area contributed by atoms with Gasteiger partial charge in [0.25, 0.3) is 5.91 Å². The first-order valence-electron chi connectivity index (χ1n) is 11.0. The van der Waals surface area contributed by atoms with Gasteiger partial charge in [0, 0.05) is 43.1 Å². The largest absolute Gasteiger partial charge is 0.489 e. The molecule has 1 heterocycles. The number of rotatable bonds is 6. The lowest BCUT2D eigenvalue weighted by atomic mass is 10.2. The Bertz CT molecular complexity index is 1060. The minimum absolute atomic E-state index is 0.261. The molecule has 1 aliphatic rings. The number of benzene rings is 3. The normalized spacial score (nSPS) is 13.9. The lowest BCUT2D eigenvalue weighted by Gasteiger charge is -2.34. The van der Waals surface area contributed by atoms with Crippen molar-refractivity contribution in [3.8, 4) is 5.75 Å². The summed E-state index contributed by atoms with van der Waals surface area (Å²) in [6.45, 7) is 4.65. The van der Waals surface area contributed by atoms with Gasteiger partial charge in [0.1, 0.15) is 12.4 Å². The maximum Gasteiger partial charge on any atom is 0.257 e. The Morgan fingerprint density at radius 1 is 0.909 bits per heavy atom. The number of piperazine rings is 1. The number of carbonyl (C=O) groups excluding carboxylic acids is 1. The molecule has 0 aliphatic carbocycles. The van der Waals surface area contributed by atoms with Crippen LogP contribution in [-0.4, -0.2) is 49.1 Å². The molecule has 170 valence electrons. The molecule has 6 nitrogen and oxygen atoms in total. The van der Waals surface area contributed by atoms with E-state index < -0.39 is 0 Å². The first kappa shape index (κ1) is 22.8. The highest BCUT2D eigenvalue weighted by Gasteiger charge is 2.14. The van der Waals surface area contributed by atoms with Crippen molar-refractivity contribution in [2.24, 2.45) is 0 Å². The van der Waals surface area contributed by atoms with Crippen LogP contribution in [0.25, 0.3) is 0 Å². The third-order valence-electron chi connectivity index (χ3n) is 5.59. The molecule has 0 radical (unpaired) electrons. The Hall–Kier alpha value is -3.42. The van der Waals surface area contributed by atoms with E-state index in [1.165, 1.54) is 5.69 Å². The van der Waals surface area contributed by atoms with Crippen molar-refractivity contribution >= 4 is 34.6 Å². The van der Waals surface area contributed by atoms with Crippen molar-refractivity contribution in [2.75, 3.05) is 43.4 Å². The van der Waals surface area contributed by atoms with E-state index in [1.807, 2.05) is 42.5 Å². The number of nitrogens with zero attached hydrogens (tertiary/aromatic N) is 2. The summed E-state index contributed by atoms with van der Waals surface area (Å²) in [5.74, 6) is 0.438. The van der Waals surface area contributed by atoms with Gasteiger partial charge in [0.05, 0.1) is 0 Å². The number of nitrogens with one attached hydrogen (secondary N) is 2. The summed E-state index contributed by atoms with van der Waals surface area (Å²) in [6.07, 6.45) is 0. The zero-order valence-electron chi connectivity index (χ0n) is 18.7. The van der Waals surface area contributed by atoms with Gasteiger partial charge in [-0.1, -0.05) is 30.3 Å². The second kappa shape index (κ2) is 10.9. The van der Waals surface area contributed by atoms with E-state index in [2.05, 4.69) is 39.6 Å². The first-order chi connectivity index (χ1) is 16.1. The molecule has 4 rings (SSSR count). The van der Waals surface area contributed by atoms with Crippen molar-refractivity contribution in [3.05, 3.63) is 90.0 Å². The fourth-order valence-corrected chi connectivity index (χ4v) is 3.81. The topological polar surface area (TPSA) is 56.8 Å². The van der Waals surface area contributed by atoms with E-state index in [9.17, 15) is 4.79 Å². The van der Waals surface area contributed by atoms with Crippen LogP contribution in [0.3, 0.4) is 0 Å². The molecule has 7 heteroatoms. The number of thiocarbonyl (C=S) groups is 1. The lowest BCUT2D eigenvalue weighted by Crippen LogP contribution is -2.44. The quantitative estimate of drug-likeness (QED) is 0.539. The number of hydrogen-bond donors (Lipinski definition) is 2. The number of amides is 1. The van der Waals surface area contributed by atoms with Crippen LogP contribution < -0.4 is 20.3 Å². The molecule has 0 atom stereocenters. The summed E-state index contributed by atoms with van der Waals surface area (Å²) >= 11 is 5.32. The summed E-state index contributed by atoms with van der Waals surface area (Å²) in [7, 11) is 2.15. The summed E-state index contributed by atoms with van der Waals surface area (Å²) in [4.78, 5) is 17.2. The second-order valence-electron chi connectivity index (χ2n) is 8.04. The highest BCUT2D eigenvalue weighted by Crippen LogP contribution is 2.19. The SMILES string of the molecule is CN1CCN(c2ccc(NC(=S)NC(=O)c3ccc(OCc4ccccc4)cc3)cc2)CC1. The van der Waals surface area contributed by atoms with Crippen molar-refractivity contribution in [1.29, 1.82) is 0 Å². The van der Waals surface area contributed by atoms with E-state index in [1.54, 1.807) is 24.3 Å². The molecule has 0 saturated carbocycles. The number of likely N-dealkylation sites (N-methyl/N-ethyl adjacent to an activating group) is 1. The monoisotopic (exact) mass is 460 g/mol. The van der Waals surface area contributed by atoms with Crippen molar-refractivity contribution in [3.63, 3.8) is 0 Å². The molecular weight excluding hydrogens is 432 g/mol. The molecule has 1 amide bonds. The molecule has 1 saturated heterocycles. The smallest absolute Gasteiger partial charge is 0.257 e. The predicted octanol–water partition coefficient (Wildman–Crippen LogP) is 4.14. The van der Waals surface area contributed by atoms with Gasteiger partial charge in [-0.3, -0.25) is 10.1 Å². The van der Waals surface area contributed by atoms with Gasteiger partial charge in [-0.05, 0) is 73.4 Å². The molecule has 1 fully saturated rings. The Kier molecular flexibility index (Phi) is 7.55. The maximum absolute atomic E-state index is 12.5. The summed E-state index contributed by atoms with van der Waals surface area (Å²) in [6, 6.07) is 25.1. The van der Waals surface area contributed by atoms with E-state index in [0.29, 0.717) is 17.9 Å². The predicted molar refractivity (Wildman–Crippen MR) is 137 cm³/mol. The molecule has 3 aromatic carbocycles. The zero-order chi connectivity index (χ0) is 23.0. The molecule has 0 spiro atoms. The van der Waals surface area contributed by atoms with Crippen LogP contribution in [0, 0.1) is 0 Å². The average molecular weight is 461 g/mol. The van der Waals surface area contributed by atoms with Crippen molar-refractivity contribution in [2.45, 2.75) is 6.61 Å². The third kappa shape index (κ3) is 6.54. The molecule has 33 heavy (non-hydrogen) atoms. The number of carbonyl (C=O) groups is 1. The van der Waals surface area contributed by atoms with Crippen LogP contribution >= 0.6 is 12.2 Å². The summed E-state index contributed by atoms with van der Waals surface area (Å²) in [5, 5.41) is 6.07. The van der Waals surface area contributed by atoms with Crippen LogP contribution in [0.1, 0.15) is 15.9 Å². The van der Waals surface area contributed by atoms with Gasteiger partial charge in [0.15, 0.2) is 5.11 Å². The van der Waals surface area contributed by atoms with Crippen LogP contribution in [0.4, 0.5) is 11.4 Å². The zero-order valence-corrected chi connectivity index (χ0v) is 19.5. The molecule has 0 unspecified atom stereocenters. The number of ether oxygens (including phenoxy) is 1. The third-order valence-corrected chi connectivity index (χ3v) is 5.79. The van der Waals surface area contributed by atoms with E-state index in [-0.39, 0.29) is 11.0 Å². The fraction of sp³-hybridized carbons (Fsp3) is 0.231. The molecular formula is C26H28N4O2S. The molecule has 0 bridgehead atoms. The Morgan fingerprint density at radius 3 is 2.24 bits per heavy atom.